The van der Waals surface area contributed by atoms with Crippen LogP contribution in [0.25, 0.3) is 0 Å². The van der Waals surface area contributed by atoms with Gasteiger partial charge in [-0.3, -0.25) is 9.79 Å². The first kappa shape index (κ1) is 11.5. The van der Waals surface area contributed by atoms with Crippen molar-refractivity contribution in [1.82, 2.24) is 0 Å². The van der Waals surface area contributed by atoms with Gasteiger partial charge in [0, 0.05) is 16.8 Å². The Kier molecular flexibility index (Phi) is 4.12. The number of carbonyl (C=O) groups excluding carboxylic acids is 1. The summed E-state index contributed by atoms with van der Waals surface area (Å²) in [7, 11) is 0. The quantitative estimate of drug-likeness (QED) is 0.355. The standard InChI is InChI=1S/C11H12N2OS/c1-8(12)9(7-14)6-13-10-2-4-11(15)5-3-10/h2-7,15H,12H2,1H3/b9-8+,13-6?. The first-order valence-corrected chi connectivity index (χ1v) is 4.83. The van der Waals surface area contributed by atoms with Gasteiger partial charge in [-0.05, 0) is 31.2 Å². The van der Waals surface area contributed by atoms with E-state index in [9.17, 15) is 4.79 Å². The molecule has 0 unspecified atom stereocenters. The van der Waals surface area contributed by atoms with E-state index in [1.54, 1.807) is 6.92 Å². The maximum atomic E-state index is 10.6. The average molecular weight is 220 g/mol. The first-order chi connectivity index (χ1) is 7.13. The van der Waals surface area contributed by atoms with Crippen molar-refractivity contribution in [2.24, 2.45) is 10.7 Å². The third-order valence-corrected chi connectivity index (χ3v) is 2.08. The molecule has 4 heteroatoms. The molecule has 78 valence electrons. The molecular weight excluding hydrogens is 208 g/mol. The number of aldehydes is 1. The zero-order valence-corrected chi connectivity index (χ0v) is 9.24. The van der Waals surface area contributed by atoms with E-state index in [1.807, 2.05) is 24.3 Å². The zero-order valence-electron chi connectivity index (χ0n) is 8.34. The summed E-state index contributed by atoms with van der Waals surface area (Å²) in [5.41, 5.74) is 7.09. The van der Waals surface area contributed by atoms with E-state index >= 15 is 0 Å². The molecular formula is C11H12N2OS. The van der Waals surface area contributed by atoms with Crippen molar-refractivity contribution >= 4 is 30.8 Å². The number of hydrogen-bond donors (Lipinski definition) is 2. The molecule has 0 aliphatic rings. The number of hydrogen-bond acceptors (Lipinski definition) is 4. The van der Waals surface area contributed by atoms with E-state index in [0.29, 0.717) is 17.6 Å². The van der Waals surface area contributed by atoms with Crippen molar-refractivity contribution in [2.45, 2.75) is 11.8 Å². The number of nitrogens with two attached hydrogens (primary N) is 1. The van der Waals surface area contributed by atoms with Crippen LogP contribution in [-0.4, -0.2) is 12.5 Å². The molecule has 0 aliphatic heterocycles. The Morgan fingerprint density at radius 2 is 2.00 bits per heavy atom. The van der Waals surface area contributed by atoms with Crippen LogP contribution >= 0.6 is 12.6 Å². The molecule has 0 radical (unpaired) electrons. The van der Waals surface area contributed by atoms with Gasteiger partial charge in [-0.1, -0.05) is 0 Å². The van der Waals surface area contributed by atoms with Gasteiger partial charge in [0.25, 0.3) is 0 Å². The lowest BCUT2D eigenvalue weighted by Crippen LogP contribution is -2.00. The number of aliphatic imine (C=N–C) groups is 1. The maximum Gasteiger partial charge on any atom is 0.153 e. The van der Waals surface area contributed by atoms with Crippen molar-refractivity contribution in [3.8, 4) is 0 Å². The normalized spacial score (nSPS) is 12.7. The number of thiol groups is 1. The van der Waals surface area contributed by atoms with Gasteiger partial charge in [0.1, 0.15) is 0 Å². The van der Waals surface area contributed by atoms with Crippen LogP contribution in [0.3, 0.4) is 0 Å². The Hall–Kier alpha value is -1.55. The fourth-order valence-electron chi connectivity index (χ4n) is 0.908. The molecule has 1 rings (SSSR count). The minimum absolute atomic E-state index is 0.393. The van der Waals surface area contributed by atoms with E-state index in [0.717, 1.165) is 10.6 Å². The summed E-state index contributed by atoms with van der Waals surface area (Å²) in [6, 6.07) is 7.28. The molecule has 2 N–H and O–H groups in total. The van der Waals surface area contributed by atoms with Gasteiger partial charge >= 0.3 is 0 Å². The SMILES string of the molecule is C/C(N)=C(\C=O)C=Nc1ccc(S)cc1. The van der Waals surface area contributed by atoms with E-state index in [2.05, 4.69) is 17.6 Å². The summed E-state index contributed by atoms with van der Waals surface area (Å²) in [5.74, 6) is 0. The predicted octanol–water partition coefficient (Wildman–Crippen LogP) is 2.11. The predicted molar refractivity (Wildman–Crippen MR) is 64.8 cm³/mol. The molecule has 0 fully saturated rings. The highest BCUT2D eigenvalue weighted by atomic mass is 32.1. The van der Waals surface area contributed by atoms with Gasteiger partial charge < -0.3 is 5.73 Å². The van der Waals surface area contributed by atoms with Crippen molar-refractivity contribution in [3.63, 3.8) is 0 Å². The number of carbonyl (C=O) groups is 1. The fourth-order valence-corrected chi connectivity index (χ4v) is 1.06. The molecule has 3 nitrogen and oxygen atoms in total. The molecule has 1 aromatic carbocycles. The lowest BCUT2D eigenvalue weighted by molar-refractivity contribution is -0.104. The summed E-state index contributed by atoms with van der Waals surface area (Å²) in [4.78, 5) is 15.6. The minimum atomic E-state index is 0.393. The third kappa shape index (κ3) is 3.59. The summed E-state index contributed by atoms with van der Waals surface area (Å²) in [5, 5.41) is 0. The van der Waals surface area contributed by atoms with E-state index in [-0.39, 0.29) is 0 Å². The summed E-state index contributed by atoms with van der Waals surface area (Å²) in [6.45, 7) is 1.66. The smallest absolute Gasteiger partial charge is 0.153 e. The zero-order chi connectivity index (χ0) is 11.3. The highest BCUT2D eigenvalue weighted by Crippen LogP contribution is 2.14. The number of benzene rings is 1. The molecule has 0 saturated heterocycles. The van der Waals surface area contributed by atoms with Gasteiger partial charge in [-0.25, -0.2) is 0 Å². The Balaban J connectivity index is 2.86. The van der Waals surface area contributed by atoms with Gasteiger partial charge in [0.15, 0.2) is 6.29 Å². The highest BCUT2D eigenvalue weighted by molar-refractivity contribution is 7.80. The molecule has 0 spiro atoms. The fraction of sp³-hybridized carbons (Fsp3) is 0.0909. The molecule has 0 amide bonds. The first-order valence-electron chi connectivity index (χ1n) is 4.38. The molecule has 0 heterocycles. The number of allylic oxidation sites excluding steroid dienone is 2. The molecule has 1 aromatic rings. The monoisotopic (exact) mass is 220 g/mol. The third-order valence-electron chi connectivity index (χ3n) is 1.78. The average Bonchev–Trinajstić information content (AvgIpc) is 2.21. The summed E-state index contributed by atoms with van der Waals surface area (Å²) in [6.07, 6.45) is 2.14. The second-order valence-electron chi connectivity index (χ2n) is 3.03. The number of rotatable bonds is 3. The minimum Gasteiger partial charge on any atom is -0.402 e. The molecule has 15 heavy (non-hydrogen) atoms. The van der Waals surface area contributed by atoms with E-state index in [4.69, 9.17) is 5.73 Å². The van der Waals surface area contributed by atoms with Gasteiger partial charge in [0.05, 0.1) is 11.3 Å². The Morgan fingerprint density at radius 3 is 2.47 bits per heavy atom. The highest BCUT2D eigenvalue weighted by Gasteiger charge is 1.94. The molecule has 0 bridgehead atoms. The lowest BCUT2D eigenvalue weighted by atomic mass is 10.2. The van der Waals surface area contributed by atoms with Crippen molar-refractivity contribution in [1.29, 1.82) is 0 Å². The largest absolute Gasteiger partial charge is 0.402 e. The Labute approximate surface area is 94.1 Å². The van der Waals surface area contributed by atoms with Crippen LogP contribution in [0.2, 0.25) is 0 Å². The van der Waals surface area contributed by atoms with Crippen LogP contribution in [0.1, 0.15) is 6.92 Å². The van der Waals surface area contributed by atoms with Crippen molar-refractivity contribution < 1.29 is 4.79 Å². The van der Waals surface area contributed by atoms with Gasteiger partial charge in [-0.2, -0.15) is 0 Å². The summed E-state index contributed by atoms with van der Waals surface area (Å²) >= 11 is 4.15. The number of nitrogens with zero attached hydrogens (tertiary/aromatic N) is 1. The van der Waals surface area contributed by atoms with Crippen molar-refractivity contribution in [2.75, 3.05) is 0 Å². The van der Waals surface area contributed by atoms with Gasteiger partial charge in [-0.15, -0.1) is 12.6 Å². The van der Waals surface area contributed by atoms with Gasteiger partial charge in [0.2, 0.25) is 0 Å². The Bertz CT molecular complexity index is 403. The van der Waals surface area contributed by atoms with Crippen LogP contribution in [-0.2, 0) is 4.79 Å². The maximum absolute atomic E-state index is 10.6. The van der Waals surface area contributed by atoms with Crippen LogP contribution in [0.4, 0.5) is 5.69 Å². The van der Waals surface area contributed by atoms with Crippen LogP contribution in [0.15, 0.2) is 45.4 Å². The second-order valence-corrected chi connectivity index (χ2v) is 3.55. The summed E-state index contributed by atoms with van der Waals surface area (Å²) < 4.78 is 0. The van der Waals surface area contributed by atoms with E-state index in [1.165, 1.54) is 6.21 Å². The lowest BCUT2D eigenvalue weighted by Gasteiger charge is -1.95. The van der Waals surface area contributed by atoms with Crippen LogP contribution in [0, 0.1) is 0 Å². The van der Waals surface area contributed by atoms with Crippen LogP contribution in [0.5, 0.6) is 0 Å². The molecule has 0 aromatic heterocycles. The van der Waals surface area contributed by atoms with Crippen LogP contribution < -0.4 is 5.73 Å². The Morgan fingerprint density at radius 1 is 1.40 bits per heavy atom. The second kappa shape index (κ2) is 5.36. The molecule has 0 atom stereocenters. The molecule has 0 aliphatic carbocycles. The van der Waals surface area contributed by atoms with Crippen molar-refractivity contribution in [3.05, 3.63) is 35.5 Å². The van der Waals surface area contributed by atoms with E-state index < -0.39 is 0 Å². The topological polar surface area (TPSA) is 55.5 Å². The molecule has 0 saturated carbocycles.